The van der Waals surface area contributed by atoms with E-state index in [1.807, 2.05) is 0 Å². The van der Waals surface area contributed by atoms with Gasteiger partial charge in [0.2, 0.25) is 0 Å². The fourth-order valence-corrected chi connectivity index (χ4v) is 3.63. The molecule has 128 valence electrons. The van der Waals surface area contributed by atoms with E-state index in [1.54, 1.807) is 0 Å². The third-order valence-electron chi connectivity index (χ3n) is 4.90. The molecular weight excluding hydrogens is 302 g/mol. The van der Waals surface area contributed by atoms with Crippen LogP contribution in [0.3, 0.4) is 0 Å². The summed E-state index contributed by atoms with van der Waals surface area (Å²) < 4.78 is 0. The molecule has 2 heterocycles. The number of likely N-dealkylation sites (tertiary alicyclic amines) is 1. The van der Waals surface area contributed by atoms with Crippen LogP contribution in [-0.2, 0) is 13.0 Å². The first-order chi connectivity index (χ1) is 11.6. The van der Waals surface area contributed by atoms with Crippen molar-refractivity contribution in [3.8, 4) is 0 Å². The van der Waals surface area contributed by atoms with Crippen LogP contribution in [0.2, 0.25) is 0 Å². The Bertz CT molecular complexity index is 765. The van der Waals surface area contributed by atoms with E-state index in [-0.39, 0.29) is 5.56 Å². The average Bonchev–Trinajstić information content (AvgIpc) is 2.53. The molecule has 0 unspecified atom stereocenters. The molecule has 24 heavy (non-hydrogen) atoms. The van der Waals surface area contributed by atoms with E-state index < -0.39 is 5.69 Å². The van der Waals surface area contributed by atoms with E-state index in [0.29, 0.717) is 18.2 Å². The van der Waals surface area contributed by atoms with Crippen LogP contribution in [0.4, 0.5) is 0 Å². The molecule has 0 aliphatic carbocycles. The van der Waals surface area contributed by atoms with Gasteiger partial charge in [0.05, 0.1) is 0 Å². The lowest BCUT2D eigenvalue weighted by Gasteiger charge is -2.32. The van der Waals surface area contributed by atoms with E-state index in [2.05, 4.69) is 46.1 Å². The van der Waals surface area contributed by atoms with Crippen molar-refractivity contribution in [3.05, 3.63) is 68.0 Å². The highest BCUT2D eigenvalue weighted by molar-refractivity contribution is 5.25. The number of piperidine rings is 1. The standard InChI is InChI=1S/C19H25N3O2/c1-14-5-2-3-7-16(14)9-8-15-6-4-10-22(12-15)13-17-11-18(23)21-19(24)20-17/h2-3,5,7,11,15H,4,6,8-10,12-13H2,1H3,(H2,20,21,23,24)/t15-/m1/s1. The highest BCUT2D eigenvalue weighted by Gasteiger charge is 2.20. The molecule has 1 aromatic carbocycles. The quantitative estimate of drug-likeness (QED) is 0.885. The van der Waals surface area contributed by atoms with E-state index in [4.69, 9.17) is 0 Å². The van der Waals surface area contributed by atoms with Crippen LogP contribution in [0.15, 0.2) is 39.9 Å². The summed E-state index contributed by atoms with van der Waals surface area (Å²) in [7, 11) is 0. The maximum atomic E-state index is 11.4. The van der Waals surface area contributed by atoms with Gasteiger partial charge < -0.3 is 4.98 Å². The summed E-state index contributed by atoms with van der Waals surface area (Å²) >= 11 is 0. The van der Waals surface area contributed by atoms with Gasteiger partial charge in [-0.15, -0.1) is 0 Å². The molecule has 5 heteroatoms. The monoisotopic (exact) mass is 327 g/mol. The van der Waals surface area contributed by atoms with Crippen molar-refractivity contribution in [1.29, 1.82) is 0 Å². The number of rotatable bonds is 5. The summed E-state index contributed by atoms with van der Waals surface area (Å²) in [6, 6.07) is 10.1. The minimum absolute atomic E-state index is 0.332. The molecular formula is C19H25N3O2. The minimum Gasteiger partial charge on any atom is -0.310 e. The van der Waals surface area contributed by atoms with Crippen LogP contribution >= 0.6 is 0 Å². The molecule has 1 aliphatic heterocycles. The lowest BCUT2D eigenvalue weighted by atomic mass is 9.90. The number of aromatic nitrogens is 2. The number of hydrogen-bond acceptors (Lipinski definition) is 3. The molecule has 5 nitrogen and oxygen atoms in total. The van der Waals surface area contributed by atoms with E-state index >= 15 is 0 Å². The van der Waals surface area contributed by atoms with Crippen molar-refractivity contribution in [2.75, 3.05) is 13.1 Å². The molecule has 0 radical (unpaired) electrons. The Morgan fingerprint density at radius 1 is 1.21 bits per heavy atom. The van der Waals surface area contributed by atoms with Crippen molar-refractivity contribution in [2.45, 2.75) is 39.2 Å². The fourth-order valence-electron chi connectivity index (χ4n) is 3.63. The predicted octanol–water partition coefficient (Wildman–Crippen LogP) is 2.22. The van der Waals surface area contributed by atoms with Crippen molar-refractivity contribution in [2.24, 2.45) is 5.92 Å². The molecule has 2 aromatic rings. The van der Waals surface area contributed by atoms with Crippen LogP contribution in [-0.4, -0.2) is 28.0 Å². The summed E-state index contributed by atoms with van der Waals surface area (Å²) in [5.41, 5.74) is 2.75. The zero-order valence-electron chi connectivity index (χ0n) is 14.2. The molecule has 1 aliphatic rings. The largest absolute Gasteiger partial charge is 0.325 e. The maximum Gasteiger partial charge on any atom is 0.325 e. The third kappa shape index (κ3) is 4.45. The number of nitrogens with zero attached hydrogens (tertiary/aromatic N) is 1. The summed E-state index contributed by atoms with van der Waals surface area (Å²) in [5.74, 6) is 0.673. The average molecular weight is 327 g/mol. The summed E-state index contributed by atoms with van der Waals surface area (Å²) in [4.78, 5) is 30.1. The molecule has 0 bridgehead atoms. The number of aromatic amines is 2. The van der Waals surface area contributed by atoms with Gasteiger partial charge in [0.15, 0.2) is 0 Å². The lowest BCUT2D eigenvalue weighted by Crippen LogP contribution is -2.36. The van der Waals surface area contributed by atoms with E-state index in [0.717, 1.165) is 19.5 Å². The second-order valence-electron chi connectivity index (χ2n) is 6.82. The molecule has 3 rings (SSSR count). The molecule has 1 aromatic heterocycles. The number of aryl methyl sites for hydroxylation is 2. The van der Waals surface area contributed by atoms with Crippen molar-refractivity contribution < 1.29 is 0 Å². The zero-order chi connectivity index (χ0) is 16.9. The van der Waals surface area contributed by atoms with Crippen LogP contribution in [0.25, 0.3) is 0 Å². The highest BCUT2D eigenvalue weighted by atomic mass is 16.2. The molecule has 1 atom stereocenters. The molecule has 0 spiro atoms. The Morgan fingerprint density at radius 2 is 2.04 bits per heavy atom. The van der Waals surface area contributed by atoms with Crippen LogP contribution < -0.4 is 11.2 Å². The molecule has 0 saturated carbocycles. The Labute approximate surface area is 141 Å². The van der Waals surface area contributed by atoms with Gasteiger partial charge in [-0.3, -0.25) is 14.7 Å². The summed E-state index contributed by atoms with van der Waals surface area (Å²) in [6.45, 7) is 4.86. The fraction of sp³-hybridized carbons (Fsp3) is 0.474. The topological polar surface area (TPSA) is 69.0 Å². The molecule has 2 N–H and O–H groups in total. The van der Waals surface area contributed by atoms with Gasteiger partial charge in [0, 0.05) is 24.8 Å². The second kappa shape index (κ2) is 7.62. The van der Waals surface area contributed by atoms with Gasteiger partial charge in [0.1, 0.15) is 0 Å². The van der Waals surface area contributed by atoms with Gasteiger partial charge in [-0.25, -0.2) is 4.79 Å². The van der Waals surface area contributed by atoms with Crippen LogP contribution in [0.5, 0.6) is 0 Å². The number of H-pyrrole nitrogens is 2. The Morgan fingerprint density at radius 3 is 2.83 bits per heavy atom. The first-order valence-electron chi connectivity index (χ1n) is 8.69. The van der Waals surface area contributed by atoms with Gasteiger partial charge in [-0.2, -0.15) is 0 Å². The second-order valence-corrected chi connectivity index (χ2v) is 6.82. The van der Waals surface area contributed by atoms with Crippen molar-refractivity contribution >= 4 is 0 Å². The Balaban J connectivity index is 1.57. The van der Waals surface area contributed by atoms with Crippen molar-refractivity contribution in [3.63, 3.8) is 0 Å². The third-order valence-corrected chi connectivity index (χ3v) is 4.90. The summed E-state index contributed by atoms with van der Waals surface area (Å²) in [6.07, 6.45) is 4.74. The van der Waals surface area contributed by atoms with Crippen LogP contribution in [0, 0.1) is 12.8 Å². The number of nitrogens with one attached hydrogen (secondary N) is 2. The zero-order valence-corrected chi connectivity index (χ0v) is 14.2. The predicted molar refractivity (Wildman–Crippen MR) is 95.2 cm³/mol. The first kappa shape index (κ1) is 16.7. The first-order valence-corrected chi connectivity index (χ1v) is 8.69. The highest BCUT2D eigenvalue weighted by Crippen LogP contribution is 2.23. The maximum absolute atomic E-state index is 11.4. The lowest BCUT2D eigenvalue weighted by molar-refractivity contribution is 0.160. The Kier molecular flexibility index (Phi) is 5.30. The van der Waals surface area contributed by atoms with Gasteiger partial charge >= 0.3 is 5.69 Å². The van der Waals surface area contributed by atoms with Crippen molar-refractivity contribution in [1.82, 2.24) is 14.9 Å². The van der Waals surface area contributed by atoms with Crippen LogP contribution in [0.1, 0.15) is 36.1 Å². The normalized spacial score (nSPS) is 18.6. The van der Waals surface area contributed by atoms with E-state index in [9.17, 15) is 9.59 Å². The number of hydrogen-bond donors (Lipinski definition) is 2. The summed E-state index contributed by atoms with van der Waals surface area (Å²) in [5, 5.41) is 0. The SMILES string of the molecule is Cc1ccccc1CC[C@H]1CCCN(Cc2cc(=O)[nH]c(=O)[nH]2)C1. The smallest absolute Gasteiger partial charge is 0.310 e. The molecule has 0 amide bonds. The van der Waals surface area contributed by atoms with Gasteiger partial charge in [0.25, 0.3) is 5.56 Å². The minimum atomic E-state index is -0.425. The molecule has 1 saturated heterocycles. The van der Waals surface area contributed by atoms with E-state index in [1.165, 1.54) is 36.5 Å². The Hall–Kier alpha value is -2.14. The molecule has 1 fully saturated rings. The number of benzene rings is 1. The van der Waals surface area contributed by atoms with Gasteiger partial charge in [-0.1, -0.05) is 24.3 Å². The van der Waals surface area contributed by atoms with Gasteiger partial charge in [-0.05, 0) is 56.2 Å².